The first-order valence-electron chi connectivity index (χ1n) is 6.87. The number of nitrogens with zero attached hydrogens (tertiary/aromatic N) is 2. The molecule has 1 fully saturated rings. The predicted octanol–water partition coefficient (Wildman–Crippen LogP) is 0.198. The Morgan fingerprint density at radius 2 is 2.19 bits per heavy atom. The summed E-state index contributed by atoms with van der Waals surface area (Å²) >= 11 is 1.32. The van der Waals surface area contributed by atoms with Gasteiger partial charge in [0.2, 0.25) is 15.9 Å². The van der Waals surface area contributed by atoms with Crippen molar-refractivity contribution in [3.05, 3.63) is 11.1 Å². The molecular weight excluding hydrogens is 312 g/mol. The summed E-state index contributed by atoms with van der Waals surface area (Å²) in [7, 11) is -3.18. The fourth-order valence-electron chi connectivity index (χ4n) is 2.25. The van der Waals surface area contributed by atoms with Gasteiger partial charge in [-0.05, 0) is 19.8 Å². The number of anilines is 1. The van der Waals surface area contributed by atoms with E-state index in [0.717, 1.165) is 0 Å². The van der Waals surface area contributed by atoms with E-state index < -0.39 is 10.0 Å². The molecule has 1 saturated heterocycles. The number of likely N-dealkylation sites (tertiary alicyclic amines) is 1. The zero-order valence-corrected chi connectivity index (χ0v) is 13.5. The zero-order valence-electron chi connectivity index (χ0n) is 11.9. The summed E-state index contributed by atoms with van der Waals surface area (Å²) in [5.41, 5.74) is 6.23. The van der Waals surface area contributed by atoms with E-state index in [0.29, 0.717) is 36.8 Å². The number of thiazole rings is 1. The average Bonchev–Trinajstić information content (AvgIpc) is 2.84. The van der Waals surface area contributed by atoms with Gasteiger partial charge < -0.3 is 10.6 Å². The molecular formula is C12H20N4O3S2. The SMILES string of the molecule is CCS(=O)(=O)NC1CCN(C(=O)Cc2csc(N)n2)CC1. The van der Waals surface area contributed by atoms with Crippen LogP contribution in [-0.4, -0.2) is 49.1 Å². The number of nitrogens with two attached hydrogens (primary N) is 1. The van der Waals surface area contributed by atoms with Crippen LogP contribution in [0.4, 0.5) is 5.13 Å². The van der Waals surface area contributed by atoms with Gasteiger partial charge in [0.15, 0.2) is 5.13 Å². The van der Waals surface area contributed by atoms with E-state index in [2.05, 4.69) is 9.71 Å². The lowest BCUT2D eigenvalue weighted by molar-refractivity contribution is -0.131. The lowest BCUT2D eigenvalue weighted by Gasteiger charge is -2.32. The second kappa shape index (κ2) is 6.71. The molecule has 7 nitrogen and oxygen atoms in total. The third-order valence-electron chi connectivity index (χ3n) is 3.48. The molecule has 1 aromatic rings. The summed E-state index contributed by atoms with van der Waals surface area (Å²) in [4.78, 5) is 18.0. The number of nitrogens with one attached hydrogen (secondary N) is 1. The maximum atomic E-state index is 12.1. The van der Waals surface area contributed by atoms with Crippen molar-refractivity contribution in [3.63, 3.8) is 0 Å². The van der Waals surface area contributed by atoms with Gasteiger partial charge in [0.1, 0.15) is 0 Å². The molecule has 2 rings (SSSR count). The average molecular weight is 332 g/mol. The molecule has 0 unspecified atom stereocenters. The minimum absolute atomic E-state index is 0.0112. The van der Waals surface area contributed by atoms with Crippen LogP contribution in [0, 0.1) is 0 Å². The Morgan fingerprint density at radius 1 is 1.52 bits per heavy atom. The first-order chi connectivity index (χ1) is 9.89. The number of carbonyl (C=O) groups excluding carboxylic acids is 1. The molecule has 0 spiro atoms. The molecule has 2 heterocycles. The predicted molar refractivity (Wildman–Crippen MR) is 82.4 cm³/mol. The van der Waals surface area contributed by atoms with E-state index in [4.69, 9.17) is 5.73 Å². The highest BCUT2D eigenvalue weighted by Gasteiger charge is 2.25. The van der Waals surface area contributed by atoms with E-state index in [1.807, 2.05) is 0 Å². The molecule has 0 aromatic carbocycles. The molecule has 118 valence electrons. The number of sulfonamides is 1. The maximum Gasteiger partial charge on any atom is 0.228 e. The number of piperidine rings is 1. The second-order valence-electron chi connectivity index (χ2n) is 5.03. The number of rotatable bonds is 5. The van der Waals surface area contributed by atoms with Crippen LogP contribution in [-0.2, 0) is 21.2 Å². The molecule has 21 heavy (non-hydrogen) atoms. The molecule has 9 heteroatoms. The van der Waals surface area contributed by atoms with Crippen molar-refractivity contribution in [1.82, 2.24) is 14.6 Å². The van der Waals surface area contributed by atoms with Gasteiger partial charge in [0.05, 0.1) is 17.9 Å². The Bertz CT molecular complexity index is 591. The van der Waals surface area contributed by atoms with Crippen molar-refractivity contribution >= 4 is 32.4 Å². The second-order valence-corrected chi connectivity index (χ2v) is 7.96. The number of aromatic nitrogens is 1. The molecule has 1 amide bonds. The van der Waals surface area contributed by atoms with Crippen molar-refractivity contribution in [3.8, 4) is 0 Å². The van der Waals surface area contributed by atoms with Gasteiger partial charge in [-0.2, -0.15) is 0 Å². The molecule has 1 aliphatic rings. The highest BCUT2D eigenvalue weighted by Crippen LogP contribution is 2.15. The largest absolute Gasteiger partial charge is 0.375 e. The first kappa shape index (κ1) is 16.2. The number of amides is 1. The van der Waals surface area contributed by atoms with E-state index >= 15 is 0 Å². The van der Waals surface area contributed by atoms with Crippen molar-refractivity contribution < 1.29 is 13.2 Å². The van der Waals surface area contributed by atoms with Crippen LogP contribution in [0.2, 0.25) is 0 Å². The van der Waals surface area contributed by atoms with Crippen molar-refractivity contribution in [2.75, 3.05) is 24.6 Å². The lowest BCUT2D eigenvalue weighted by Crippen LogP contribution is -2.47. The normalized spacial score (nSPS) is 17.1. The Hall–Kier alpha value is -1.19. The van der Waals surface area contributed by atoms with E-state index in [9.17, 15) is 13.2 Å². The third kappa shape index (κ3) is 4.65. The highest BCUT2D eigenvalue weighted by molar-refractivity contribution is 7.89. The summed E-state index contributed by atoms with van der Waals surface area (Å²) in [6.45, 7) is 2.74. The minimum atomic E-state index is -3.18. The maximum absolute atomic E-state index is 12.1. The summed E-state index contributed by atoms with van der Waals surface area (Å²) in [5.74, 6) is 0.0919. The topological polar surface area (TPSA) is 105 Å². The first-order valence-corrected chi connectivity index (χ1v) is 9.40. The van der Waals surface area contributed by atoms with Crippen LogP contribution >= 0.6 is 11.3 Å². The van der Waals surface area contributed by atoms with E-state index in [1.54, 1.807) is 17.2 Å². The lowest BCUT2D eigenvalue weighted by atomic mass is 10.1. The Balaban J connectivity index is 1.82. The Labute approximate surface area is 128 Å². The van der Waals surface area contributed by atoms with Crippen LogP contribution < -0.4 is 10.5 Å². The monoisotopic (exact) mass is 332 g/mol. The van der Waals surface area contributed by atoms with Crippen LogP contribution in [0.3, 0.4) is 0 Å². The van der Waals surface area contributed by atoms with Crippen molar-refractivity contribution in [1.29, 1.82) is 0 Å². The van der Waals surface area contributed by atoms with Gasteiger partial charge in [-0.25, -0.2) is 18.1 Å². The van der Waals surface area contributed by atoms with Gasteiger partial charge in [0.25, 0.3) is 0 Å². The molecule has 3 N–H and O–H groups in total. The van der Waals surface area contributed by atoms with Gasteiger partial charge in [-0.3, -0.25) is 4.79 Å². The minimum Gasteiger partial charge on any atom is -0.375 e. The van der Waals surface area contributed by atoms with Crippen molar-refractivity contribution in [2.24, 2.45) is 0 Å². The molecule has 1 aromatic heterocycles. The van der Waals surface area contributed by atoms with Gasteiger partial charge in [-0.1, -0.05) is 0 Å². The van der Waals surface area contributed by atoms with E-state index in [1.165, 1.54) is 11.3 Å². The molecule has 0 aliphatic carbocycles. The Morgan fingerprint density at radius 3 is 2.71 bits per heavy atom. The third-order valence-corrected chi connectivity index (χ3v) is 5.65. The molecule has 0 atom stereocenters. The summed E-state index contributed by atoms with van der Waals surface area (Å²) in [6, 6.07) is -0.0751. The summed E-state index contributed by atoms with van der Waals surface area (Å²) in [6.07, 6.45) is 1.54. The van der Waals surface area contributed by atoms with Gasteiger partial charge >= 0.3 is 0 Å². The number of hydrogen-bond acceptors (Lipinski definition) is 6. The number of nitrogen functional groups attached to an aromatic ring is 1. The van der Waals surface area contributed by atoms with Crippen LogP contribution in [0.25, 0.3) is 0 Å². The number of hydrogen-bond donors (Lipinski definition) is 2. The zero-order chi connectivity index (χ0) is 15.5. The Kier molecular flexibility index (Phi) is 5.17. The highest BCUT2D eigenvalue weighted by atomic mass is 32.2. The van der Waals surface area contributed by atoms with Crippen LogP contribution in [0.15, 0.2) is 5.38 Å². The van der Waals surface area contributed by atoms with Crippen molar-refractivity contribution in [2.45, 2.75) is 32.2 Å². The number of carbonyl (C=O) groups is 1. The van der Waals surface area contributed by atoms with Gasteiger partial charge in [0, 0.05) is 24.5 Å². The fraction of sp³-hybridized carbons (Fsp3) is 0.667. The quantitative estimate of drug-likeness (QED) is 0.801. The van der Waals surface area contributed by atoms with Crippen LogP contribution in [0.1, 0.15) is 25.5 Å². The smallest absolute Gasteiger partial charge is 0.228 e. The van der Waals surface area contributed by atoms with Gasteiger partial charge in [-0.15, -0.1) is 11.3 Å². The summed E-state index contributed by atoms with van der Waals surface area (Å²) in [5, 5.41) is 2.25. The fourth-order valence-corrected chi connectivity index (χ4v) is 3.73. The molecule has 1 aliphatic heterocycles. The standard InChI is InChI=1S/C12H20N4O3S2/c1-2-21(18,19)15-9-3-5-16(6-4-9)11(17)7-10-8-20-12(13)14-10/h8-9,15H,2-7H2,1H3,(H2,13,14). The van der Waals surface area contributed by atoms with Crippen LogP contribution in [0.5, 0.6) is 0 Å². The molecule has 0 bridgehead atoms. The molecule has 0 saturated carbocycles. The summed E-state index contributed by atoms with van der Waals surface area (Å²) < 4.78 is 25.7. The van der Waals surface area contributed by atoms with E-state index in [-0.39, 0.29) is 24.1 Å². The molecule has 0 radical (unpaired) electrons.